The maximum atomic E-state index is 12.6. The van der Waals surface area contributed by atoms with Crippen LogP contribution in [-0.4, -0.2) is 53.7 Å². The summed E-state index contributed by atoms with van der Waals surface area (Å²) < 4.78 is 16.3. The number of nitrogens with one attached hydrogen (secondary N) is 1. The van der Waals surface area contributed by atoms with E-state index < -0.39 is 30.6 Å². The van der Waals surface area contributed by atoms with E-state index in [1.807, 2.05) is 12.1 Å². The van der Waals surface area contributed by atoms with Crippen LogP contribution in [-0.2, 0) is 9.59 Å². The number of carboxylic acid groups (broad SMARTS) is 1. The fraction of sp³-hybridized carbons (Fsp3) is 0.227. The third-order valence-corrected chi connectivity index (χ3v) is 4.50. The van der Waals surface area contributed by atoms with Crippen molar-refractivity contribution in [2.75, 3.05) is 13.7 Å². The highest BCUT2D eigenvalue weighted by Gasteiger charge is 2.28. The van der Waals surface area contributed by atoms with E-state index in [1.54, 1.807) is 18.2 Å². The van der Waals surface area contributed by atoms with Gasteiger partial charge in [-0.25, -0.2) is 4.79 Å². The molecule has 3 rings (SSSR count). The summed E-state index contributed by atoms with van der Waals surface area (Å²) in [6, 6.07) is 10.2. The maximum Gasteiger partial charge on any atom is 0.328 e. The number of carboxylic acids is 1. The number of para-hydroxylation sites is 1. The first kappa shape index (κ1) is 21.8. The zero-order chi connectivity index (χ0) is 22.5. The van der Waals surface area contributed by atoms with E-state index >= 15 is 0 Å². The van der Waals surface area contributed by atoms with Crippen LogP contribution in [0.4, 0.5) is 0 Å². The van der Waals surface area contributed by atoms with Gasteiger partial charge in [0.05, 0.1) is 18.8 Å². The van der Waals surface area contributed by atoms with E-state index in [0.717, 1.165) is 0 Å². The Morgan fingerprint density at radius 1 is 1.23 bits per heavy atom. The van der Waals surface area contributed by atoms with Gasteiger partial charge in [-0.15, -0.1) is 0 Å². The molecule has 2 atom stereocenters. The van der Waals surface area contributed by atoms with Crippen LogP contribution in [0.15, 0.2) is 48.2 Å². The van der Waals surface area contributed by atoms with Gasteiger partial charge in [-0.1, -0.05) is 18.2 Å². The number of allylic oxidation sites excluding steroid dienone is 1. The number of ether oxygens (including phenoxy) is 3. The molecule has 0 radical (unpaired) electrons. The van der Waals surface area contributed by atoms with Crippen molar-refractivity contribution in [1.82, 2.24) is 5.32 Å². The Bertz CT molecular complexity index is 1040. The second kappa shape index (κ2) is 9.31. The zero-order valence-electron chi connectivity index (χ0n) is 16.8. The summed E-state index contributed by atoms with van der Waals surface area (Å²) in [5, 5.41) is 20.6. The number of aliphatic carboxylic acids is 1. The standard InChI is InChI=1S/C22H21NO8/c1-12(24)20(22(27)28)23-19(25)11-30-14-7-8-15-17(10-14)31-18(21(15)26)9-13-5-3-4-6-16(13)29-2/h3-10,12,20,24H,11H2,1-2H3,(H,23,25)(H,27,28). The normalized spacial score (nSPS) is 15.6. The summed E-state index contributed by atoms with van der Waals surface area (Å²) in [7, 11) is 1.53. The second-order valence-electron chi connectivity index (χ2n) is 6.75. The van der Waals surface area contributed by atoms with Gasteiger partial charge in [0.15, 0.2) is 18.4 Å². The Balaban J connectivity index is 1.68. The van der Waals surface area contributed by atoms with Crippen molar-refractivity contribution in [3.05, 3.63) is 59.4 Å². The van der Waals surface area contributed by atoms with Gasteiger partial charge in [0.25, 0.3) is 5.91 Å². The summed E-state index contributed by atoms with van der Waals surface area (Å²) in [5.41, 5.74) is 1.03. The van der Waals surface area contributed by atoms with E-state index in [2.05, 4.69) is 5.32 Å². The predicted octanol–water partition coefficient (Wildman–Crippen LogP) is 1.64. The highest BCUT2D eigenvalue weighted by Crippen LogP contribution is 2.35. The van der Waals surface area contributed by atoms with Gasteiger partial charge in [-0.2, -0.15) is 0 Å². The minimum absolute atomic E-state index is 0.121. The average molecular weight is 427 g/mol. The number of carbonyl (C=O) groups excluding carboxylic acids is 2. The van der Waals surface area contributed by atoms with Gasteiger partial charge in [-0.05, 0) is 31.2 Å². The molecule has 9 heteroatoms. The van der Waals surface area contributed by atoms with Crippen LogP contribution in [0.2, 0.25) is 0 Å². The molecule has 2 aromatic rings. The molecule has 0 fully saturated rings. The molecular weight excluding hydrogens is 406 g/mol. The molecule has 31 heavy (non-hydrogen) atoms. The number of aliphatic hydroxyl groups excluding tert-OH is 1. The Kier molecular flexibility index (Phi) is 6.56. The number of aliphatic hydroxyl groups is 1. The number of benzene rings is 2. The molecule has 1 amide bonds. The molecule has 162 valence electrons. The van der Waals surface area contributed by atoms with Gasteiger partial charge in [0.2, 0.25) is 5.78 Å². The lowest BCUT2D eigenvalue weighted by Gasteiger charge is -2.17. The number of methoxy groups -OCH3 is 1. The lowest BCUT2D eigenvalue weighted by atomic mass is 10.1. The maximum absolute atomic E-state index is 12.6. The number of amides is 1. The number of carbonyl (C=O) groups is 3. The number of rotatable bonds is 8. The van der Waals surface area contributed by atoms with E-state index in [1.165, 1.54) is 32.2 Å². The first-order valence-electron chi connectivity index (χ1n) is 9.34. The van der Waals surface area contributed by atoms with Crippen LogP contribution in [0.3, 0.4) is 0 Å². The van der Waals surface area contributed by atoms with Gasteiger partial charge in [-0.3, -0.25) is 9.59 Å². The van der Waals surface area contributed by atoms with Gasteiger partial charge >= 0.3 is 5.97 Å². The molecule has 0 aliphatic carbocycles. The quantitative estimate of drug-likeness (QED) is 0.542. The van der Waals surface area contributed by atoms with E-state index in [4.69, 9.17) is 19.3 Å². The van der Waals surface area contributed by atoms with Crippen LogP contribution in [0, 0.1) is 0 Å². The second-order valence-corrected chi connectivity index (χ2v) is 6.75. The highest BCUT2D eigenvalue weighted by molar-refractivity contribution is 6.14. The fourth-order valence-corrected chi connectivity index (χ4v) is 2.94. The first-order chi connectivity index (χ1) is 14.8. The van der Waals surface area contributed by atoms with E-state index in [0.29, 0.717) is 16.9 Å². The Labute approximate surface area is 177 Å². The average Bonchev–Trinajstić information content (AvgIpc) is 3.05. The molecule has 0 saturated carbocycles. The van der Waals surface area contributed by atoms with E-state index in [9.17, 15) is 19.5 Å². The van der Waals surface area contributed by atoms with Crippen LogP contribution < -0.4 is 19.5 Å². The molecule has 1 aliphatic heterocycles. The molecule has 1 aliphatic rings. The SMILES string of the molecule is COc1ccccc1C=C1Oc2cc(OCC(=O)NC(C(=O)O)C(C)O)ccc2C1=O. The fourth-order valence-electron chi connectivity index (χ4n) is 2.94. The van der Waals surface area contributed by atoms with Crippen molar-refractivity contribution >= 4 is 23.7 Å². The number of fused-ring (bicyclic) bond motifs is 1. The topological polar surface area (TPSA) is 131 Å². The largest absolute Gasteiger partial charge is 0.496 e. The summed E-state index contributed by atoms with van der Waals surface area (Å²) in [6.07, 6.45) is 0.311. The minimum Gasteiger partial charge on any atom is -0.496 e. The van der Waals surface area contributed by atoms with Crippen LogP contribution >= 0.6 is 0 Å². The molecule has 0 spiro atoms. The molecule has 3 N–H and O–H groups in total. The van der Waals surface area contributed by atoms with Crippen molar-refractivity contribution in [1.29, 1.82) is 0 Å². The lowest BCUT2D eigenvalue weighted by Crippen LogP contribution is -2.49. The molecular formula is C22H21NO8. The molecule has 0 bridgehead atoms. The third-order valence-electron chi connectivity index (χ3n) is 4.50. The van der Waals surface area contributed by atoms with E-state index in [-0.39, 0.29) is 23.0 Å². The third kappa shape index (κ3) is 5.01. The molecule has 1 heterocycles. The Morgan fingerprint density at radius 2 is 1.97 bits per heavy atom. The summed E-state index contributed by atoms with van der Waals surface area (Å²) in [6.45, 7) is 0.776. The first-order valence-corrected chi connectivity index (χ1v) is 9.34. The van der Waals surface area contributed by atoms with Crippen LogP contribution in [0.1, 0.15) is 22.8 Å². The van der Waals surface area contributed by atoms with Crippen molar-refractivity contribution in [2.45, 2.75) is 19.1 Å². The summed E-state index contributed by atoms with van der Waals surface area (Å²) in [4.78, 5) is 35.6. The Morgan fingerprint density at radius 3 is 2.65 bits per heavy atom. The van der Waals surface area contributed by atoms with Crippen molar-refractivity contribution < 1.29 is 38.8 Å². The number of ketones is 1. The minimum atomic E-state index is -1.44. The van der Waals surface area contributed by atoms with Gasteiger partial charge < -0.3 is 29.7 Å². The van der Waals surface area contributed by atoms with Crippen LogP contribution in [0.5, 0.6) is 17.2 Å². The van der Waals surface area contributed by atoms with Crippen molar-refractivity contribution in [2.24, 2.45) is 0 Å². The van der Waals surface area contributed by atoms with Crippen molar-refractivity contribution in [3.8, 4) is 17.2 Å². The smallest absolute Gasteiger partial charge is 0.328 e. The lowest BCUT2D eigenvalue weighted by molar-refractivity contribution is -0.145. The number of hydrogen-bond acceptors (Lipinski definition) is 7. The highest BCUT2D eigenvalue weighted by atomic mass is 16.5. The molecule has 2 unspecified atom stereocenters. The molecule has 0 saturated heterocycles. The molecule has 0 aromatic heterocycles. The zero-order valence-corrected chi connectivity index (χ0v) is 16.8. The number of Topliss-reactive ketones (excluding diaryl/α,β-unsaturated/α-hetero) is 1. The van der Waals surface area contributed by atoms with Gasteiger partial charge in [0.1, 0.15) is 17.2 Å². The van der Waals surface area contributed by atoms with Crippen LogP contribution in [0.25, 0.3) is 6.08 Å². The summed E-state index contributed by atoms with van der Waals surface area (Å²) >= 11 is 0. The number of hydrogen-bond donors (Lipinski definition) is 3. The Hall–Kier alpha value is -3.85. The molecule has 2 aromatic carbocycles. The van der Waals surface area contributed by atoms with Crippen molar-refractivity contribution in [3.63, 3.8) is 0 Å². The predicted molar refractivity (Wildman–Crippen MR) is 109 cm³/mol. The van der Waals surface area contributed by atoms with Gasteiger partial charge in [0, 0.05) is 11.6 Å². The molecule has 9 nitrogen and oxygen atoms in total. The summed E-state index contributed by atoms with van der Waals surface area (Å²) in [5.74, 6) is -1.14. The monoisotopic (exact) mass is 427 g/mol.